The molecule has 0 atom stereocenters. The van der Waals surface area contributed by atoms with E-state index >= 15 is 0 Å². The highest BCUT2D eigenvalue weighted by Crippen LogP contribution is 2.31. The van der Waals surface area contributed by atoms with Gasteiger partial charge in [0, 0.05) is 13.6 Å². The van der Waals surface area contributed by atoms with Gasteiger partial charge in [-0.25, -0.2) is 0 Å². The number of anilines is 2. The Kier molecular flexibility index (Phi) is 5.99. The van der Waals surface area contributed by atoms with Crippen LogP contribution in [-0.4, -0.2) is 32.7 Å². The number of carbonyl (C=O) groups excluding carboxylic acids is 1. The Morgan fingerprint density at radius 1 is 1.42 bits per heavy atom. The van der Waals surface area contributed by atoms with Gasteiger partial charge in [0.25, 0.3) is 0 Å². The summed E-state index contributed by atoms with van der Waals surface area (Å²) in [6.07, 6.45) is 0.928. The van der Waals surface area contributed by atoms with E-state index in [4.69, 9.17) is 10.5 Å². The number of ether oxygens (including phenoxy) is 1. The highest BCUT2D eigenvalue weighted by atomic mass is 16.5. The van der Waals surface area contributed by atoms with Gasteiger partial charge in [-0.05, 0) is 25.5 Å². The molecule has 1 rings (SSSR count). The number of nitrogens with two attached hydrogens (primary N) is 1. The van der Waals surface area contributed by atoms with Crippen LogP contribution in [0.5, 0.6) is 5.75 Å². The van der Waals surface area contributed by atoms with Crippen LogP contribution >= 0.6 is 0 Å². The van der Waals surface area contributed by atoms with Gasteiger partial charge < -0.3 is 20.7 Å². The van der Waals surface area contributed by atoms with E-state index in [1.165, 1.54) is 0 Å². The van der Waals surface area contributed by atoms with E-state index in [-0.39, 0.29) is 12.5 Å². The van der Waals surface area contributed by atoms with E-state index in [0.717, 1.165) is 12.1 Å². The molecule has 0 heterocycles. The van der Waals surface area contributed by atoms with Crippen molar-refractivity contribution in [1.29, 1.82) is 0 Å². The van der Waals surface area contributed by atoms with Gasteiger partial charge in [-0.15, -0.1) is 0 Å². The van der Waals surface area contributed by atoms with Crippen molar-refractivity contribution in [2.75, 3.05) is 37.4 Å². The van der Waals surface area contributed by atoms with Gasteiger partial charge in [-0.2, -0.15) is 0 Å². The lowest BCUT2D eigenvalue weighted by Gasteiger charge is -2.21. The summed E-state index contributed by atoms with van der Waals surface area (Å²) in [5.41, 5.74) is 7.42. The van der Waals surface area contributed by atoms with Crippen LogP contribution < -0.4 is 20.7 Å². The van der Waals surface area contributed by atoms with Gasteiger partial charge >= 0.3 is 0 Å². The number of benzene rings is 1. The van der Waals surface area contributed by atoms with Gasteiger partial charge in [0.2, 0.25) is 5.91 Å². The van der Waals surface area contributed by atoms with E-state index in [1.54, 1.807) is 0 Å². The number of likely N-dealkylation sites (N-methyl/N-ethyl adjacent to an activating group) is 1. The molecule has 19 heavy (non-hydrogen) atoms. The monoisotopic (exact) mass is 265 g/mol. The van der Waals surface area contributed by atoms with Gasteiger partial charge in [0.15, 0.2) is 0 Å². The maximum absolute atomic E-state index is 11.7. The predicted molar refractivity (Wildman–Crippen MR) is 78.6 cm³/mol. The van der Waals surface area contributed by atoms with Crippen molar-refractivity contribution in [1.82, 2.24) is 5.32 Å². The van der Waals surface area contributed by atoms with Crippen LogP contribution in [0.4, 0.5) is 11.4 Å². The van der Waals surface area contributed by atoms with Crippen LogP contribution in [0.1, 0.15) is 20.3 Å². The summed E-state index contributed by atoms with van der Waals surface area (Å²) < 4.78 is 5.45. The Morgan fingerprint density at radius 3 is 2.79 bits per heavy atom. The Hall–Kier alpha value is -1.91. The van der Waals surface area contributed by atoms with E-state index in [0.29, 0.717) is 24.6 Å². The first-order valence-electron chi connectivity index (χ1n) is 6.59. The van der Waals surface area contributed by atoms with Crippen LogP contribution in [0.3, 0.4) is 0 Å². The van der Waals surface area contributed by atoms with Crippen LogP contribution in [0.25, 0.3) is 0 Å². The Bertz CT molecular complexity index is 421. The van der Waals surface area contributed by atoms with E-state index in [1.807, 2.05) is 44.0 Å². The second-order valence-corrected chi connectivity index (χ2v) is 4.33. The minimum Gasteiger partial charge on any atom is -0.492 e. The lowest BCUT2D eigenvalue weighted by Crippen LogP contribution is -2.35. The molecule has 1 amide bonds. The smallest absolute Gasteiger partial charge is 0.239 e. The number of para-hydroxylation sites is 1. The van der Waals surface area contributed by atoms with E-state index in [9.17, 15) is 4.79 Å². The topological polar surface area (TPSA) is 67.6 Å². The number of hydrogen-bond acceptors (Lipinski definition) is 4. The Morgan fingerprint density at radius 2 is 2.16 bits per heavy atom. The lowest BCUT2D eigenvalue weighted by molar-refractivity contribution is -0.119. The molecule has 0 aliphatic heterocycles. The average molecular weight is 265 g/mol. The maximum atomic E-state index is 11.7. The van der Waals surface area contributed by atoms with Crippen molar-refractivity contribution < 1.29 is 9.53 Å². The normalized spacial score (nSPS) is 10.1. The summed E-state index contributed by atoms with van der Waals surface area (Å²) in [6.45, 7) is 5.47. The summed E-state index contributed by atoms with van der Waals surface area (Å²) >= 11 is 0. The highest BCUT2D eigenvalue weighted by Gasteiger charge is 2.12. The fraction of sp³-hybridized carbons (Fsp3) is 0.500. The quantitative estimate of drug-likeness (QED) is 0.735. The second-order valence-electron chi connectivity index (χ2n) is 4.33. The third kappa shape index (κ3) is 4.35. The molecule has 0 saturated carbocycles. The summed E-state index contributed by atoms with van der Waals surface area (Å²) in [7, 11) is 1.84. The summed E-state index contributed by atoms with van der Waals surface area (Å²) in [5.74, 6) is 0.645. The molecule has 106 valence electrons. The number of nitrogens with zero attached hydrogens (tertiary/aromatic N) is 1. The van der Waals surface area contributed by atoms with E-state index in [2.05, 4.69) is 5.32 Å². The molecule has 0 aromatic heterocycles. The third-order valence-corrected chi connectivity index (χ3v) is 2.71. The number of nitrogens with one attached hydrogen (secondary N) is 1. The molecule has 1 aromatic carbocycles. The molecule has 0 aliphatic rings. The first kappa shape index (κ1) is 15.1. The van der Waals surface area contributed by atoms with Crippen molar-refractivity contribution in [3.8, 4) is 5.75 Å². The number of amides is 1. The van der Waals surface area contributed by atoms with Gasteiger partial charge in [-0.1, -0.05) is 13.0 Å². The molecule has 0 aliphatic carbocycles. The van der Waals surface area contributed by atoms with E-state index < -0.39 is 0 Å². The summed E-state index contributed by atoms with van der Waals surface area (Å²) in [6, 6.07) is 5.58. The zero-order chi connectivity index (χ0) is 14.3. The molecule has 0 unspecified atom stereocenters. The molecular formula is C14H23N3O2. The van der Waals surface area contributed by atoms with Crippen molar-refractivity contribution in [2.24, 2.45) is 0 Å². The van der Waals surface area contributed by atoms with Gasteiger partial charge in [-0.3, -0.25) is 4.79 Å². The first-order valence-corrected chi connectivity index (χ1v) is 6.59. The molecule has 3 N–H and O–H groups in total. The Balaban J connectivity index is 2.73. The molecular weight excluding hydrogens is 242 g/mol. The van der Waals surface area contributed by atoms with Crippen LogP contribution in [0, 0.1) is 0 Å². The lowest BCUT2D eigenvalue weighted by atomic mass is 10.2. The largest absolute Gasteiger partial charge is 0.492 e. The first-order chi connectivity index (χ1) is 9.10. The molecule has 0 bridgehead atoms. The zero-order valence-corrected chi connectivity index (χ0v) is 11.9. The molecule has 0 radical (unpaired) electrons. The average Bonchev–Trinajstić information content (AvgIpc) is 2.39. The SMILES string of the molecule is CCCNC(=O)CN(C)c1cccc(OCC)c1N. The number of hydrogen-bond donors (Lipinski definition) is 2. The highest BCUT2D eigenvalue weighted by molar-refractivity contribution is 5.84. The number of carbonyl (C=O) groups is 1. The summed E-state index contributed by atoms with van der Waals surface area (Å²) in [4.78, 5) is 13.5. The van der Waals surface area contributed by atoms with Gasteiger partial charge in [0.1, 0.15) is 5.75 Å². The molecule has 5 heteroatoms. The molecule has 5 nitrogen and oxygen atoms in total. The molecule has 0 saturated heterocycles. The standard InChI is InChI=1S/C14H23N3O2/c1-4-9-16-13(18)10-17(3)11-7-6-8-12(14(11)15)19-5-2/h6-8H,4-5,9-10,15H2,1-3H3,(H,16,18). The van der Waals surface area contributed by atoms with Crippen molar-refractivity contribution >= 4 is 17.3 Å². The minimum absolute atomic E-state index is 0.00874. The third-order valence-electron chi connectivity index (χ3n) is 2.71. The van der Waals surface area contributed by atoms with Crippen LogP contribution in [0.2, 0.25) is 0 Å². The molecule has 0 spiro atoms. The number of rotatable bonds is 7. The fourth-order valence-electron chi connectivity index (χ4n) is 1.77. The van der Waals surface area contributed by atoms with Crippen molar-refractivity contribution in [3.63, 3.8) is 0 Å². The van der Waals surface area contributed by atoms with Crippen molar-refractivity contribution in [2.45, 2.75) is 20.3 Å². The number of nitrogen functional groups attached to an aromatic ring is 1. The van der Waals surface area contributed by atoms with Gasteiger partial charge in [0.05, 0.1) is 24.5 Å². The Labute approximate surface area is 114 Å². The summed E-state index contributed by atoms with van der Waals surface area (Å²) in [5, 5.41) is 2.84. The second kappa shape index (κ2) is 7.51. The fourth-order valence-corrected chi connectivity index (χ4v) is 1.77. The van der Waals surface area contributed by atoms with Crippen LogP contribution in [-0.2, 0) is 4.79 Å². The van der Waals surface area contributed by atoms with Crippen LogP contribution in [0.15, 0.2) is 18.2 Å². The molecule has 0 fully saturated rings. The molecule has 1 aromatic rings. The van der Waals surface area contributed by atoms with Crippen molar-refractivity contribution in [3.05, 3.63) is 18.2 Å². The zero-order valence-electron chi connectivity index (χ0n) is 11.9. The predicted octanol–water partition coefficient (Wildman–Crippen LogP) is 1.63. The minimum atomic E-state index is -0.00874. The maximum Gasteiger partial charge on any atom is 0.239 e.